The van der Waals surface area contributed by atoms with Gasteiger partial charge in [0.1, 0.15) is 5.82 Å². The van der Waals surface area contributed by atoms with Crippen LogP contribution >= 0.6 is 0 Å². The molecule has 0 aliphatic rings. The van der Waals surface area contributed by atoms with Crippen LogP contribution in [-0.2, 0) is 19.6 Å². The number of benzene rings is 2. The molecule has 0 aliphatic carbocycles. The van der Waals surface area contributed by atoms with Crippen LogP contribution in [0.3, 0.4) is 0 Å². The van der Waals surface area contributed by atoms with Gasteiger partial charge in [-0.2, -0.15) is 0 Å². The maximum atomic E-state index is 13.8. The number of nitrogens with one attached hydrogen (secondary N) is 2. The van der Waals surface area contributed by atoms with Gasteiger partial charge in [0.25, 0.3) is 5.91 Å². The largest absolute Gasteiger partial charge is 0.452 e. The molecule has 0 aliphatic heterocycles. The van der Waals surface area contributed by atoms with Crippen LogP contribution in [0.1, 0.15) is 10.4 Å². The average Bonchev–Trinajstić information content (AvgIpc) is 2.66. The minimum atomic E-state index is -3.97. The zero-order chi connectivity index (χ0) is 21.1. The molecule has 0 unspecified atom stereocenters. The molecule has 12 heteroatoms. The molecule has 2 aromatic rings. The van der Waals surface area contributed by atoms with Gasteiger partial charge < -0.3 is 10.1 Å². The number of esters is 1. The second-order valence-electron chi connectivity index (χ2n) is 5.20. The predicted octanol–water partition coefficient (Wildman–Crippen LogP) is 1.95. The van der Waals surface area contributed by atoms with Gasteiger partial charge in [0, 0.05) is 0 Å². The van der Waals surface area contributed by atoms with Crippen LogP contribution in [0.15, 0.2) is 35.2 Å². The van der Waals surface area contributed by atoms with E-state index in [9.17, 15) is 35.6 Å². The molecule has 0 spiro atoms. The Labute approximate surface area is 156 Å². The summed E-state index contributed by atoms with van der Waals surface area (Å²) in [7, 11) is -2.86. The summed E-state index contributed by atoms with van der Waals surface area (Å²) < 4.78 is 83.1. The lowest BCUT2D eigenvalue weighted by molar-refractivity contribution is -0.119. The lowest BCUT2D eigenvalue weighted by atomic mass is 10.2. The first-order chi connectivity index (χ1) is 13.1. The first-order valence-corrected chi connectivity index (χ1v) is 8.88. The lowest BCUT2D eigenvalue weighted by Gasteiger charge is -2.09. The molecule has 0 saturated carbocycles. The summed E-state index contributed by atoms with van der Waals surface area (Å²) in [6.45, 7) is -1.03. The number of ether oxygens (including phenoxy) is 1. The van der Waals surface area contributed by atoms with Crippen LogP contribution in [0, 0.1) is 23.3 Å². The maximum absolute atomic E-state index is 13.8. The third kappa shape index (κ3) is 4.64. The molecule has 28 heavy (non-hydrogen) atoms. The quantitative estimate of drug-likeness (QED) is 0.423. The standard InChI is InChI=1S/C16H12F4N2O5S/c1-21-28(25,26)8-2-3-10(17)9(6-8)16(24)27-7-13(23)22-12-5-4-11(18)14(19)15(12)20/h2-6,21H,7H2,1H3,(H,22,23). The fourth-order valence-corrected chi connectivity index (χ4v) is 2.72. The van der Waals surface area contributed by atoms with Gasteiger partial charge >= 0.3 is 5.97 Å². The van der Waals surface area contributed by atoms with Crippen LogP contribution in [0.25, 0.3) is 0 Å². The van der Waals surface area contributed by atoms with Gasteiger partial charge in [0.2, 0.25) is 10.0 Å². The first kappa shape index (κ1) is 21.3. The summed E-state index contributed by atoms with van der Waals surface area (Å²) in [5, 5.41) is 1.85. The molecular formula is C16H12F4N2O5S. The van der Waals surface area contributed by atoms with E-state index in [1.807, 2.05) is 10.0 Å². The van der Waals surface area contributed by atoms with Crippen LogP contribution in [0.4, 0.5) is 23.2 Å². The van der Waals surface area contributed by atoms with Crippen LogP contribution in [0.2, 0.25) is 0 Å². The molecule has 0 heterocycles. The third-order valence-electron chi connectivity index (χ3n) is 3.38. The van der Waals surface area contributed by atoms with Crippen molar-refractivity contribution in [1.82, 2.24) is 4.72 Å². The van der Waals surface area contributed by atoms with Gasteiger partial charge in [-0.25, -0.2) is 35.5 Å². The predicted molar refractivity (Wildman–Crippen MR) is 87.9 cm³/mol. The maximum Gasteiger partial charge on any atom is 0.341 e. The van der Waals surface area contributed by atoms with Crippen LogP contribution in [0.5, 0.6) is 0 Å². The number of carbonyl (C=O) groups is 2. The van der Waals surface area contributed by atoms with Gasteiger partial charge in [-0.3, -0.25) is 4.79 Å². The van der Waals surface area contributed by atoms with Crippen molar-refractivity contribution < 1.29 is 40.3 Å². The van der Waals surface area contributed by atoms with Gasteiger partial charge in [-0.15, -0.1) is 0 Å². The highest BCUT2D eigenvalue weighted by atomic mass is 32.2. The number of amides is 1. The Morgan fingerprint density at radius 3 is 2.29 bits per heavy atom. The van der Waals surface area contributed by atoms with Crippen LogP contribution < -0.4 is 10.0 Å². The number of rotatable bonds is 6. The summed E-state index contributed by atoms with van der Waals surface area (Å²) in [6.07, 6.45) is 0. The van der Waals surface area contributed by atoms with Crippen molar-refractivity contribution in [2.45, 2.75) is 4.90 Å². The topological polar surface area (TPSA) is 102 Å². The molecule has 0 atom stereocenters. The number of halogens is 4. The summed E-state index contributed by atoms with van der Waals surface area (Å²) in [4.78, 5) is 23.2. The van der Waals surface area contributed by atoms with E-state index in [4.69, 9.17) is 0 Å². The van der Waals surface area contributed by atoms with Crippen molar-refractivity contribution in [3.8, 4) is 0 Å². The zero-order valence-electron chi connectivity index (χ0n) is 14.1. The molecule has 2 N–H and O–H groups in total. The van der Waals surface area contributed by atoms with Gasteiger partial charge in [-0.1, -0.05) is 0 Å². The SMILES string of the molecule is CNS(=O)(=O)c1ccc(F)c(C(=O)OCC(=O)Nc2ccc(F)c(F)c2F)c1. The molecule has 0 saturated heterocycles. The number of anilines is 1. The fourth-order valence-electron chi connectivity index (χ4n) is 1.96. The molecule has 0 radical (unpaired) electrons. The number of hydrogen-bond donors (Lipinski definition) is 2. The van der Waals surface area contributed by atoms with Gasteiger partial charge in [0.05, 0.1) is 16.1 Å². The average molecular weight is 420 g/mol. The third-order valence-corrected chi connectivity index (χ3v) is 4.79. The molecule has 7 nitrogen and oxygen atoms in total. The number of sulfonamides is 1. The van der Waals surface area contributed by atoms with E-state index in [-0.39, 0.29) is 0 Å². The van der Waals surface area contributed by atoms with Crippen LogP contribution in [-0.4, -0.2) is 33.9 Å². The van der Waals surface area contributed by atoms with E-state index in [1.165, 1.54) is 0 Å². The number of hydrogen-bond acceptors (Lipinski definition) is 5. The monoisotopic (exact) mass is 420 g/mol. The normalized spacial score (nSPS) is 11.2. The van der Waals surface area contributed by atoms with E-state index in [0.717, 1.165) is 25.2 Å². The van der Waals surface area contributed by atoms with Crippen molar-refractivity contribution in [2.24, 2.45) is 0 Å². The fraction of sp³-hybridized carbons (Fsp3) is 0.125. The molecule has 0 bridgehead atoms. The van der Waals surface area contributed by atoms with Gasteiger partial charge in [0.15, 0.2) is 24.1 Å². The Morgan fingerprint density at radius 1 is 1.00 bits per heavy atom. The summed E-state index contributed by atoms with van der Waals surface area (Å²) in [5.74, 6) is -8.53. The van der Waals surface area contributed by atoms with E-state index < -0.39 is 67.9 Å². The molecule has 2 rings (SSSR count). The Kier molecular flexibility index (Phi) is 6.36. The van der Waals surface area contributed by atoms with Gasteiger partial charge in [-0.05, 0) is 37.4 Å². The minimum absolute atomic E-state index is 0.420. The Hall–Kier alpha value is -2.99. The molecular weight excluding hydrogens is 408 g/mol. The lowest BCUT2D eigenvalue weighted by Crippen LogP contribution is -2.23. The second kappa shape index (κ2) is 8.35. The van der Waals surface area contributed by atoms with Crippen molar-refractivity contribution in [2.75, 3.05) is 19.0 Å². The molecule has 0 aromatic heterocycles. The number of carbonyl (C=O) groups excluding carboxylic acids is 2. The van der Waals surface area contributed by atoms with E-state index >= 15 is 0 Å². The van der Waals surface area contributed by atoms with E-state index in [1.54, 1.807) is 0 Å². The van der Waals surface area contributed by atoms with E-state index in [0.29, 0.717) is 12.1 Å². The Bertz CT molecular complexity index is 1040. The summed E-state index contributed by atoms with van der Waals surface area (Å²) in [6, 6.07) is 3.66. The first-order valence-electron chi connectivity index (χ1n) is 7.40. The smallest absolute Gasteiger partial charge is 0.341 e. The summed E-state index contributed by atoms with van der Waals surface area (Å²) >= 11 is 0. The molecule has 0 fully saturated rings. The van der Waals surface area contributed by atoms with Crippen molar-refractivity contribution >= 4 is 27.6 Å². The van der Waals surface area contributed by atoms with Crippen molar-refractivity contribution in [1.29, 1.82) is 0 Å². The van der Waals surface area contributed by atoms with Crippen molar-refractivity contribution in [3.63, 3.8) is 0 Å². The Balaban J connectivity index is 2.09. The molecule has 2 aromatic carbocycles. The highest BCUT2D eigenvalue weighted by Crippen LogP contribution is 2.20. The van der Waals surface area contributed by atoms with Crippen molar-refractivity contribution in [3.05, 3.63) is 59.2 Å². The zero-order valence-corrected chi connectivity index (χ0v) is 14.9. The molecule has 1 amide bonds. The summed E-state index contributed by atoms with van der Waals surface area (Å²) in [5.41, 5.74) is -1.46. The molecule has 150 valence electrons. The second-order valence-corrected chi connectivity index (χ2v) is 7.08. The highest BCUT2D eigenvalue weighted by Gasteiger charge is 2.21. The minimum Gasteiger partial charge on any atom is -0.452 e. The van der Waals surface area contributed by atoms with E-state index in [2.05, 4.69) is 4.74 Å². The highest BCUT2D eigenvalue weighted by molar-refractivity contribution is 7.89. The Morgan fingerprint density at radius 2 is 1.64 bits per heavy atom.